The largest absolute Gasteiger partial charge is 0.468 e. The van der Waals surface area contributed by atoms with Crippen LogP contribution in [0.3, 0.4) is 0 Å². The van der Waals surface area contributed by atoms with Crippen LogP contribution in [0.4, 0.5) is 0 Å². The van der Waals surface area contributed by atoms with Crippen LogP contribution in [0.5, 0.6) is 0 Å². The lowest BCUT2D eigenvalue weighted by Gasteiger charge is -2.37. The molecule has 118 valence electrons. The molecule has 0 aromatic carbocycles. The molecule has 1 heterocycles. The van der Waals surface area contributed by atoms with Crippen molar-refractivity contribution in [2.75, 3.05) is 38.2 Å². The molecule has 1 fully saturated rings. The van der Waals surface area contributed by atoms with Crippen molar-refractivity contribution >= 4 is 15.8 Å². The van der Waals surface area contributed by atoms with E-state index in [4.69, 9.17) is 4.74 Å². The van der Waals surface area contributed by atoms with Crippen molar-refractivity contribution in [3.05, 3.63) is 0 Å². The number of nitrogens with zero attached hydrogens (tertiary/aromatic N) is 1. The molecule has 0 amide bonds. The highest BCUT2D eigenvalue weighted by Gasteiger charge is 2.37. The lowest BCUT2D eigenvalue weighted by molar-refractivity contribution is -0.148. The molecule has 0 saturated carbocycles. The van der Waals surface area contributed by atoms with E-state index in [0.29, 0.717) is 26.1 Å². The van der Waals surface area contributed by atoms with Crippen molar-refractivity contribution in [2.24, 2.45) is 0 Å². The zero-order valence-electron chi connectivity index (χ0n) is 12.8. The van der Waals surface area contributed by atoms with Gasteiger partial charge in [-0.2, -0.15) is 0 Å². The Morgan fingerprint density at radius 1 is 1.40 bits per heavy atom. The number of ether oxygens (including phenoxy) is 1. The molecule has 1 saturated heterocycles. The molecule has 0 radical (unpaired) electrons. The molecule has 1 aliphatic heterocycles. The first-order valence-electron chi connectivity index (χ1n) is 7.02. The molecule has 0 aromatic rings. The maximum atomic E-state index is 11.9. The van der Waals surface area contributed by atoms with E-state index in [1.807, 2.05) is 20.8 Å². The van der Waals surface area contributed by atoms with E-state index in [-0.39, 0.29) is 23.5 Å². The van der Waals surface area contributed by atoms with Crippen LogP contribution in [0.1, 0.15) is 27.2 Å². The van der Waals surface area contributed by atoms with Gasteiger partial charge in [-0.3, -0.25) is 9.69 Å². The Hall–Kier alpha value is -0.660. The van der Waals surface area contributed by atoms with E-state index in [9.17, 15) is 13.2 Å². The molecule has 2 unspecified atom stereocenters. The van der Waals surface area contributed by atoms with Crippen LogP contribution >= 0.6 is 0 Å². The van der Waals surface area contributed by atoms with Crippen molar-refractivity contribution in [1.29, 1.82) is 0 Å². The Balaban J connectivity index is 2.67. The fourth-order valence-electron chi connectivity index (χ4n) is 2.73. The Morgan fingerprint density at radius 3 is 2.40 bits per heavy atom. The van der Waals surface area contributed by atoms with Crippen LogP contribution in [0.25, 0.3) is 0 Å². The summed E-state index contributed by atoms with van der Waals surface area (Å²) in [6, 6.07) is 0.119. The van der Waals surface area contributed by atoms with Gasteiger partial charge in [-0.25, -0.2) is 8.42 Å². The number of carbonyl (C=O) groups is 1. The number of nitrogens with one attached hydrogen (secondary N) is 1. The standard InChI is InChI=1S/C13H26N2O4S/c1-5-14-13(3,12(16)19-4)10-11(2)15-6-8-20(17,18)9-7-15/h11,14H,5-10H2,1-4H3. The van der Waals surface area contributed by atoms with Crippen LogP contribution in [-0.4, -0.2) is 69.1 Å². The Morgan fingerprint density at radius 2 is 1.95 bits per heavy atom. The number of likely N-dealkylation sites (N-methyl/N-ethyl adjacent to an activating group) is 1. The minimum atomic E-state index is -2.87. The summed E-state index contributed by atoms with van der Waals surface area (Å²) in [4.78, 5) is 14.1. The molecule has 2 atom stereocenters. The van der Waals surface area contributed by atoms with Gasteiger partial charge < -0.3 is 10.1 Å². The molecule has 1 aliphatic rings. The average Bonchev–Trinajstić information content (AvgIpc) is 2.37. The number of hydrogen-bond acceptors (Lipinski definition) is 6. The second kappa shape index (κ2) is 6.87. The van der Waals surface area contributed by atoms with Crippen molar-refractivity contribution in [1.82, 2.24) is 10.2 Å². The molecule has 7 heteroatoms. The van der Waals surface area contributed by atoms with Gasteiger partial charge in [-0.15, -0.1) is 0 Å². The van der Waals surface area contributed by atoms with Gasteiger partial charge in [0.2, 0.25) is 0 Å². The highest BCUT2D eigenvalue weighted by atomic mass is 32.2. The van der Waals surface area contributed by atoms with Crippen LogP contribution in [-0.2, 0) is 19.4 Å². The summed E-state index contributed by atoms with van der Waals surface area (Å²) in [6.07, 6.45) is 0.591. The van der Waals surface area contributed by atoms with Gasteiger partial charge >= 0.3 is 5.97 Å². The summed E-state index contributed by atoms with van der Waals surface area (Å²) in [7, 11) is -1.49. The van der Waals surface area contributed by atoms with Crippen LogP contribution in [0, 0.1) is 0 Å². The summed E-state index contributed by atoms with van der Waals surface area (Å²) >= 11 is 0. The maximum Gasteiger partial charge on any atom is 0.325 e. The summed E-state index contributed by atoms with van der Waals surface area (Å²) in [5.74, 6) is 0.122. The van der Waals surface area contributed by atoms with Crippen molar-refractivity contribution in [3.63, 3.8) is 0 Å². The van der Waals surface area contributed by atoms with Crippen molar-refractivity contribution < 1.29 is 17.9 Å². The van der Waals surface area contributed by atoms with E-state index in [0.717, 1.165) is 0 Å². The van der Waals surface area contributed by atoms with Gasteiger partial charge in [0.25, 0.3) is 0 Å². The summed E-state index contributed by atoms with van der Waals surface area (Å²) in [5, 5.41) is 3.18. The minimum absolute atomic E-state index is 0.119. The lowest BCUT2D eigenvalue weighted by atomic mass is 9.92. The van der Waals surface area contributed by atoms with Crippen LogP contribution in [0.15, 0.2) is 0 Å². The van der Waals surface area contributed by atoms with Gasteiger partial charge in [-0.05, 0) is 26.8 Å². The highest BCUT2D eigenvalue weighted by molar-refractivity contribution is 7.91. The van der Waals surface area contributed by atoms with E-state index in [1.54, 1.807) is 0 Å². The molecule has 0 aliphatic carbocycles. The summed E-state index contributed by atoms with van der Waals surface area (Å²) in [5.41, 5.74) is -0.737. The fraction of sp³-hybridized carbons (Fsp3) is 0.923. The first-order chi connectivity index (χ1) is 9.24. The number of methoxy groups -OCH3 is 1. The Bertz CT molecular complexity index is 424. The monoisotopic (exact) mass is 306 g/mol. The van der Waals surface area contributed by atoms with Gasteiger partial charge in [0, 0.05) is 19.1 Å². The molecule has 0 spiro atoms. The molecular formula is C13H26N2O4S. The van der Waals surface area contributed by atoms with Crippen LogP contribution < -0.4 is 5.32 Å². The number of sulfone groups is 1. The van der Waals surface area contributed by atoms with Gasteiger partial charge in [0.05, 0.1) is 18.6 Å². The molecular weight excluding hydrogens is 280 g/mol. The SMILES string of the molecule is CCNC(C)(CC(C)N1CCS(=O)(=O)CC1)C(=O)OC. The first kappa shape index (κ1) is 17.4. The van der Waals surface area contributed by atoms with E-state index in [2.05, 4.69) is 10.2 Å². The third-order valence-corrected chi connectivity index (χ3v) is 5.52. The van der Waals surface area contributed by atoms with Crippen molar-refractivity contribution in [3.8, 4) is 0 Å². The number of carbonyl (C=O) groups excluding carboxylic acids is 1. The third kappa shape index (κ3) is 4.43. The predicted molar refractivity (Wildman–Crippen MR) is 78.4 cm³/mol. The van der Waals surface area contributed by atoms with Gasteiger partial charge in [0.1, 0.15) is 5.54 Å². The van der Waals surface area contributed by atoms with Gasteiger partial charge in [0.15, 0.2) is 9.84 Å². The second-order valence-corrected chi connectivity index (χ2v) is 7.90. The molecule has 6 nitrogen and oxygen atoms in total. The van der Waals surface area contributed by atoms with E-state index < -0.39 is 15.4 Å². The molecule has 0 aromatic heterocycles. The quantitative estimate of drug-likeness (QED) is 0.698. The third-order valence-electron chi connectivity index (χ3n) is 3.91. The minimum Gasteiger partial charge on any atom is -0.468 e. The molecule has 0 bridgehead atoms. The fourth-order valence-corrected chi connectivity index (χ4v) is 3.96. The Kier molecular flexibility index (Phi) is 5.97. The normalized spacial score (nSPS) is 23.8. The number of hydrogen-bond donors (Lipinski definition) is 1. The van der Waals surface area contributed by atoms with E-state index in [1.165, 1.54) is 7.11 Å². The number of esters is 1. The van der Waals surface area contributed by atoms with E-state index >= 15 is 0 Å². The second-order valence-electron chi connectivity index (χ2n) is 5.59. The highest BCUT2D eigenvalue weighted by Crippen LogP contribution is 2.19. The topological polar surface area (TPSA) is 75.7 Å². The van der Waals surface area contributed by atoms with Crippen LogP contribution in [0.2, 0.25) is 0 Å². The smallest absolute Gasteiger partial charge is 0.325 e. The zero-order chi connectivity index (χ0) is 15.4. The lowest BCUT2D eigenvalue weighted by Crippen LogP contribution is -2.55. The first-order valence-corrected chi connectivity index (χ1v) is 8.84. The predicted octanol–water partition coefficient (Wildman–Crippen LogP) is 0.0366. The molecule has 1 rings (SSSR count). The molecule has 1 N–H and O–H groups in total. The Labute approximate surface area is 121 Å². The number of rotatable bonds is 6. The molecule has 20 heavy (non-hydrogen) atoms. The summed E-state index contributed by atoms with van der Waals surface area (Å²) in [6.45, 7) is 7.54. The van der Waals surface area contributed by atoms with Gasteiger partial charge in [-0.1, -0.05) is 6.92 Å². The summed E-state index contributed by atoms with van der Waals surface area (Å²) < 4.78 is 27.8. The average molecular weight is 306 g/mol. The maximum absolute atomic E-state index is 11.9. The van der Waals surface area contributed by atoms with Crippen molar-refractivity contribution in [2.45, 2.75) is 38.8 Å². The zero-order valence-corrected chi connectivity index (χ0v) is 13.6.